The van der Waals surface area contributed by atoms with Crippen LogP contribution >= 0.6 is 0 Å². The highest BCUT2D eigenvalue weighted by atomic mass is 29.3. The number of aliphatic hydroxyl groups excluding tert-OH is 5. The van der Waals surface area contributed by atoms with Crippen molar-refractivity contribution in [2.75, 3.05) is 86.3 Å². The van der Waals surface area contributed by atoms with E-state index in [0.717, 1.165) is 64.3 Å². The average molecular weight is 1160 g/mol. The maximum absolute atomic E-state index is 9.55. The number of epoxide rings is 1. The van der Waals surface area contributed by atoms with Crippen LogP contribution in [0.5, 0.6) is 0 Å². The number of nitrogens with one attached hydrogen (secondary N) is 1. The van der Waals surface area contributed by atoms with Gasteiger partial charge in [-0.3, -0.25) is 0 Å². The van der Waals surface area contributed by atoms with Gasteiger partial charge in [-0.25, -0.2) is 0 Å². The van der Waals surface area contributed by atoms with Gasteiger partial charge in [-0.15, -0.1) is 0 Å². The van der Waals surface area contributed by atoms with E-state index in [9.17, 15) is 5.11 Å². The first-order valence-electron chi connectivity index (χ1n) is 23.3. The van der Waals surface area contributed by atoms with E-state index in [-0.39, 0.29) is 85.3 Å². The Morgan fingerprint density at radius 2 is 0.914 bits per heavy atom. The number of nitrogens with two attached hydrogens (primary N) is 1. The number of aliphatic hydroxyl groups is 5. The quantitative estimate of drug-likeness (QED) is 0.0212. The van der Waals surface area contributed by atoms with Crippen LogP contribution in [0.2, 0.25) is 130 Å². The van der Waals surface area contributed by atoms with Crippen molar-refractivity contribution < 1.29 is 46.7 Å². The Bertz CT molecular complexity index is 1130. The summed E-state index contributed by atoms with van der Waals surface area (Å²) in [4.78, 5) is 4.40. The minimum Gasteiger partial charge on any atom is -0.439 e. The summed E-state index contributed by atoms with van der Waals surface area (Å²) in [5.74, 6) is 0. The smallest absolute Gasteiger partial charge is 0.314 e. The lowest BCUT2D eigenvalue weighted by Gasteiger charge is -2.44. The Kier molecular flexibility index (Phi) is 62.5. The number of hydrogen-bond acceptors (Lipinski definition) is 14. The topological polar surface area (TPSA) is 195 Å². The fraction of sp³-hybridized carbons (Fsp3) is 1.00. The first kappa shape index (κ1) is 96.8. The van der Waals surface area contributed by atoms with Crippen molar-refractivity contribution >= 4 is 64.6 Å². The van der Waals surface area contributed by atoms with Gasteiger partial charge in [0, 0.05) is 32.7 Å². The van der Waals surface area contributed by atoms with Crippen LogP contribution in [-0.4, -0.2) is 205 Å². The van der Waals surface area contributed by atoms with E-state index in [1.54, 1.807) is 0 Å². The maximum atomic E-state index is 9.55. The molecule has 442 valence electrons. The lowest BCUT2D eigenvalue weighted by molar-refractivity contribution is 0.0645. The summed E-state index contributed by atoms with van der Waals surface area (Å²) in [6.45, 7) is 50.8. The van der Waals surface area contributed by atoms with Gasteiger partial charge in [-0.2, -0.15) is 0 Å². The third-order valence-corrected chi connectivity index (χ3v) is 60.1. The highest BCUT2D eigenvalue weighted by Gasteiger charge is 2.48. The number of ether oxygens (including phenoxy) is 1. The van der Waals surface area contributed by atoms with Crippen molar-refractivity contribution in [3.63, 3.8) is 0 Å². The number of likely N-dealkylation sites (N-methyl/N-ethyl adjacent to an activating group) is 2. The highest BCUT2D eigenvalue weighted by Crippen LogP contribution is 2.31. The normalized spacial score (nSPS) is 16.0. The molecule has 0 aliphatic carbocycles. The van der Waals surface area contributed by atoms with E-state index in [1.165, 1.54) is 0 Å². The molecule has 14 nitrogen and oxygen atoms in total. The van der Waals surface area contributed by atoms with Gasteiger partial charge in [-0.05, 0) is 137 Å². The zero-order chi connectivity index (χ0) is 49.4. The summed E-state index contributed by atoms with van der Waals surface area (Å²) in [6, 6.07) is 2.12. The van der Waals surface area contributed by atoms with Crippen molar-refractivity contribution in [3.8, 4) is 0 Å². The lowest BCUT2D eigenvalue weighted by Crippen LogP contribution is -2.62. The Balaban J connectivity index is -0.0000000836. The molecule has 1 rings (SSSR count). The molecule has 1 aliphatic rings. The molecule has 5 unspecified atom stereocenters. The van der Waals surface area contributed by atoms with Crippen LogP contribution in [0.25, 0.3) is 0 Å². The fourth-order valence-electron chi connectivity index (χ4n) is 5.62. The predicted molar refractivity (Wildman–Crippen MR) is 339 cm³/mol. The fourth-order valence-corrected chi connectivity index (χ4v) is 40.8. The molecule has 0 spiro atoms. The Morgan fingerprint density at radius 1 is 0.557 bits per heavy atom. The molecule has 1 heterocycles. The molecule has 1 saturated heterocycles. The van der Waals surface area contributed by atoms with Gasteiger partial charge in [0.05, 0.1) is 53.8 Å². The van der Waals surface area contributed by atoms with Crippen molar-refractivity contribution in [1.82, 2.24) is 15.1 Å². The number of rotatable bonds is 29. The molecular formula is C48H138N4O10Si8. The minimum atomic E-state index is -2.21. The zero-order valence-corrected chi connectivity index (χ0v) is 52.3. The van der Waals surface area contributed by atoms with Crippen LogP contribution in [0, 0.1) is 0 Å². The molecule has 0 aromatic rings. The molecule has 0 bridgehead atoms. The van der Waals surface area contributed by atoms with E-state index in [0.29, 0.717) is 19.5 Å². The molecule has 5 atom stereocenters. The van der Waals surface area contributed by atoms with E-state index < -0.39 is 76.8 Å². The van der Waals surface area contributed by atoms with Gasteiger partial charge in [0.1, 0.15) is 6.10 Å². The largest absolute Gasteiger partial charge is 0.439 e. The summed E-state index contributed by atoms with van der Waals surface area (Å²) in [6.07, 6.45) is 1.86. The van der Waals surface area contributed by atoms with E-state index in [4.69, 9.17) is 42.6 Å². The molecule has 1 aliphatic heterocycles. The molecule has 0 amide bonds. The Morgan fingerprint density at radius 3 is 1.17 bits per heavy atom. The highest BCUT2D eigenvalue weighted by molar-refractivity contribution is 7.39. The zero-order valence-electron chi connectivity index (χ0n) is 44.3. The maximum Gasteiger partial charge on any atom is 0.314 e. The van der Waals surface area contributed by atoms with Crippen LogP contribution in [-0.2, 0) is 21.2 Å². The molecule has 22 heteroatoms. The summed E-state index contributed by atoms with van der Waals surface area (Å²) < 4.78 is 31.8. The lowest BCUT2D eigenvalue weighted by atomic mass is 10.3. The summed E-state index contributed by atoms with van der Waals surface area (Å²) in [5, 5.41) is 46.5. The predicted octanol–water partition coefficient (Wildman–Crippen LogP) is 10.9. The van der Waals surface area contributed by atoms with E-state index in [1.807, 2.05) is 14.0 Å². The summed E-state index contributed by atoms with van der Waals surface area (Å²) in [7, 11) is -9.45. The molecule has 1 fully saturated rings. The van der Waals surface area contributed by atoms with Gasteiger partial charge < -0.3 is 67.6 Å². The molecule has 0 aromatic heterocycles. The molecule has 0 aromatic carbocycles. The second-order valence-electron chi connectivity index (χ2n) is 22.5. The van der Waals surface area contributed by atoms with Crippen LogP contribution in [0.15, 0.2) is 0 Å². The number of nitrogens with zero attached hydrogens (tertiary/aromatic N) is 2. The second-order valence-corrected chi connectivity index (χ2v) is 71.0. The number of hydrogen-bond donors (Lipinski definition) is 7. The van der Waals surface area contributed by atoms with Gasteiger partial charge in [-0.1, -0.05) is 106 Å². The van der Waals surface area contributed by atoms with Crippen molar-refractivity contribution in [2.24, 2.45) is 5.73 Å². The summed E-state index contributed by atoms with van der Waals surface area (Å²) >= 11 is 0. The molecule has 0 radical (unpaired) electrons. The first-order chi connectivity index (χ1) is 27.9. The third-order valence-electron chi connectivity index (χ3n) is 11.0. The van der Waals surface area contributed by atoms with Crippen LogP contribution in [0.1, 0.15) is 85.6 Å². The molecular weight excluding hydrogens is 1020 g/mol. The van der Waals surface area contributed by atoms with Gasteiger partial charge in [0.15, 0.2) is 32.3 Å². The molecule has 8 N–H and O–H groups in total. The first-order valence-corrected chi connectivity index (χ1v) is 49.9. The minimum absolute atomic E-state index is 0. The third kappa shape index (κ3) is 52.6. The monoisotopic (exact) mass is 1150 g/mol. The van der Waals surface area contributed by atoms with Crippen LogP contribution < -0.4 is 11.1 Å². The van der Waals surface area contributed by atoms with Crippen LogP contribution in [0.3, 0.4) is 0 Å². The van der Waals surface area contributed by atoms with Crippen LogP contribution in [0.4, 0.5) is 0 Å². The van der Waals surface area contributed by atoms with Crippen molar-refractivity contribution in [1.29, 1.82) is 0 Å². The van der Waals surface area contributed by atoms with E-state index in [2.05, 4.69) is 145 Å². The molecule has 0 saturated carbocycles. The van der Waals surface area contributed by atoms with Crippen molar-refractivity contribution in [2.45, 2.75) is 234 Å². The van der Waals surface area contributed by atoms with Gasteiger partial charge in [0.2, 0.25) is 0 Å². The Labute approximate surface area is 450 Å². The standard InChI is InChI=1S/C19H50N2O4Si4.C14H40N2O2Si4.C4H10O2.C3H6O2.8CH4/c1-20(14-15-21(2)17-19(23)18-22)13-12-16-29(11,24-26(3,4)5)25-28(9,10)27(6,7)8;1-19(2,3)17-22(9,14-10-12-16-13-11-15)18-21(7,8)20(4,5)6;1-2-4(6)3-5;4-1-3-2-5-3;;;;;;;;/h19,22-23H,12-18H2,1-11H3;16H,10-15H2,1-9H3;4-6H,2-3H2,1H3;3-4H,1-2H2;8*1H4. The van der Waals surface area contributed by atoms with Gasteiger partial charge >= 0.3 is 17.1 Å². The average Bonchev–Trinajstić information content (AvgIpc) is 3.93. The summed E-state index contributed by atoms with van der Waals surface area (Å²) in [5.41, 5.74) is 5.52. The second kappa shape index (κ2) is 45.2. The molecule has 70 heavy (non-hydrogen) atoms. The van der Waals surface area contributed by atoms with Gasteiger partial charge in [0.25, 0.3) is 0 Å². The Hall–Kier alpha value is 1.18. The van der Waals surface area contributed by atoms with Crippen molar-refractivity contribution in [3.05, 3.63) is 0 Å². The van der Waals surface area contributed by atoms with E-state index >= 15 is 0 Å². The SMILES string of the molecule is C.C.C.C.C.C.C.C.CCC(O)CO.CN(CCC[Si](C)(O[Si](C)(C)C)O[Si](C)(C)[Si](C)(C)C)CCN(C)CC(O)CO.C[Si](C)(C)O[Si](C)(CCCNCCN)O[Si](C)(C)[Si](C)(C)C.OCC1CO1.